The Balaban J connectivity index is 3.82. The minimum atomic E-state index is -1.33. The molecule has 2 atom stereocenters. The number of carbonyl (C=O) groups excluding carboxylic acids is 1. The van der Waals surface area contributed by atoms with Gasteiger partial charge in [0.05, 0.1) is 12.6 Å². The summed E-state index contributed by atoms with van der Waals surface area (Å²) in [4.78, 5) is 12.0. The fraction of sp³-hybridized carbons (Fsp3) is 0.967. The summed E-state index contributed by atoms with van der Waals surface area (Å²) in [6.07, 6.45) is 26.1. The van der Waals surface area contributed by atoms with Crippen molar-refractivity contribution in [3.63, 3.8) is 0 Å². The first-order valence-corrected chi connectivity index (χ1v) is 15.5. The van der Waals surface area contributed by atoms with Crippen LogP contribution >= 0.6 is 0 Å². The number of hydrogen-bond acceptors (Lipinski definition) is 6. The minimum absolute atomic E-state index is 0.00394. The van der Waals surface area contributed by atoms with Crippen LogP contribution in [0.15, 0.2) is 10.2 Å². The summed E-state index contributed by atoms with van der Waals surface area (Å²) >= 11 is 0. The Labute approximate surface area is 224 Å². The van der Waals surface area contributed by atoms with Crippen molar-refractivity contribution in [2.75, 3.05) is 13.1 Å². The largest absolute Gasteiger partial charge is 0.368 e. The van der Waals surface area contributed by atoms with E-state index in [0.29, 0.717) is 6.54 Å². The maximum absolute atomic E-state index is 12.0. The average molecular weight is 511 g/mol. The van der Waals surface area contributed by atoms with E-state index in [1.807, 2.05) is 0 Å². The normalized spacial score (nSPS) is 14.4. The van der Waals surface area contributed by atoms with Crippen molar-refractivity contribution >= 4 is 5.78 Å². The highest BCUT2D eigenvalue weighted by molar-refractivity contribution is 5.81. The third-order valence-electron chi connectivity index (χ3n) is 6.91. The molecule has 0 amide bonds. The number of nitrogens with one attached hydrogen (secondary N) is 2. The molecule has 0 aromatic rings. The van der Waals surface area contributed by atoms with Gasteiger partial charge in [0.25, 0.3) is 0 Å². The van der Waals surface area contributed by atoms with Gasteiger partial charge in [0, 0.05) is 13.0 Å². The van der Waals surface area contributed by atoms with E-state index in [9.17, 15) is 9.90 Å². The third-order valence-corrected chi connectivity index (χ3v) is 6.91. The number of ketones is 1. The van der Waals surface area contributed by atoms with Gasteiger partial charge in [0.1, 0.15) is 5.78 Å². The standard InChI is InChI=1S/C30H62N4O2/c1-5-7-9-11-13-15-17-19-21-23-25-31-33-29(28(3)35)27-30(4,36)34-32-26-24-22-20-18-16-14-12-10-8-6-2/h29,31,33,36H,5-27H2,1-4H3. The highest BCUT2D eigenvalue weighted by atomic mass is 16.3. The summed E-state index contributed by atoms with van der Waals surface area (Å²) in [5, 5.41) is 18.9. The van der Waals surface area contributed by atoms with Crippen LogP contribution in [0.4, 0.5) is 0 Å². The number of nitrogens with zero attached hydrogens (tertiary/aromatic N) is 2. The van der Waals surface area contributed by atoms with E-state index >= 15 is 0 Å². The molecule has 36 heavy (non-hydrogen) atoms. The Morgan fingerprint density at radius 1 is 0.722 bits per heavy atom. The van der Waals surface area contributed by atoms with Crippen LogP contribution in [0.1, 0.15) is 163 Å². The number of Topliss-reactive ketones (excluding diaryl/α,β-unsaturated/α-hetero) is 1. The van der Waals surface area contributed by atoms with Gasteiger partial charge in [-0.1, -0.05) is 129 Å². The SMILES string of the molecule is CCCCCCCCCCCCN=NC(C)(O)CC(NNCCCCCCCCCCCC)C(C)=O. The first-order chi connectivity index (χ1) is 17.4. The average Bonchev–Trinajstić information content (AvgIpc) is 2.84. The first-order valence-electron chi connectivity index (χ1n) is 15.5. The van der Waals surface area contributed by atoms with Gasteiger partial charge in [-0.3, -0.25) is 10.2 Å². The van der Waals surface area contributed by atoms with Crippen LogP contribution in [-0.4, -0.2) is 35.7 Å². The van der Waals surface area contributed by atoms with E-state index in [1.54, 1.807) is 13.8 Å². The number of carbonyl (C=O) groups is 1. The van der Waals surface area contributed by atoms with E-state index in [1.165, 1.54) is 109 Å². The lowest BCUT2D eigenvalue weighted by atomic mass is 10.0. The molecule has 214 valence electrons. The fourth-order valence-corrected chi connectivity index (χ4v) is 4.49. The Hall–Kier alpha value is -0.850. The highest BCUT2D eigenvalue weighted by Gasteiger charge is 2.27. The molecule has 0 saturated carbocycles. The van der Waals surface area contributed by atoms with Crippen LogP contribution in [-0.2, 0) is 4.79 Å². The zero-order valence-corrected chi connectivity index (χ0v) is 24.6. The Kier molecular flexibility index (Phi) is 25.2. The van der Waals surface area contributed by atoms with Gasteiger partial charge >= 0.3 is 0 Å². The maximum Gasteiger partial charge on any atom is 0.175 e. The van der Waals surface area contributed by atoms with Crippen LogP contribution in [0, 0.1) is 0 Å². The van der Waals surface area contributed by atoms with Crippen molar-refractivity contribution in [2.45, 2.75) is 174 Å². The summed E-state index contributed by atoms with van der Waals surface area (Å²) < 4.78 is 0. The van der Waals surface area contributed by atoms with Crippen molar-refractivity contribution in [1.29, 1.82) is 0 Å². The Bertz CT molecular complexity index is 511. The molecule has 0 rings (SSSR count). The predicted octanol–water partition coefficient (Wildman–Crippen LogP) is 8.43. The van der Waals surface area contributed by atoms with Gasteiger partial charge in [-0.05, 0) is 26.7 Å². The number of hydrogen-bond donors (Lipinski definition) is 3. The summed E-state index contributed by atoms with van der Waals surface area (Å²) in [7, 11) is 0. The number of hydrazine groups is 1. The molecule has 0 heterocycles. The Morgan fingerprint density at radius 2 is 1.14 bits per heavy atom. The van der Waals surface area contributed by atoms with Crippen LogP contribution in [0.3, 0.4) is 0 Å². The zero-order chi connectivity index (χ0) is 26.7. The molecule has 0 spiro atoms. The summed E-state index contributed by atoms with van der Waals surface area (Å²) in [6, 6.07) is -0.473. The monoisotopic (exact) mass is 510 g/mol. The lowest BCUT2D eigenvalue weighted by Gasteiger charge is -2.24. The van der Waals surface area contributed by atoms with Crippen LogP contribution in [0.2, 0.25) is 0 Å². The lowest BCUT2D eigenvalue weighted by molar-refractivity contribution is -0.121. The predicted molar refractivity (Wildman–Crippen MR) is 154 cm³/mol. The lowest BCUT2D eigenvalue weighted by Crippen LogP contribution is -2.48. The first kappa shape index (κ1) is 35.2. The highest BCUT2D eigenvalue weighted by Crippen LogP contribution is 2.16. The molecule has 0 radical (unpaired) electrons. The van der Waals surface area contributed by atoms with Gasteiger partial charge in [0.2, 0.25) is 0 Å². The Morgan fingerprint density at radius 3 is 1.58 bits per heavy atom. The summed E-state index contributed by atoms with van der Waals surface area (Å²) in [6.45, 7) is 9.17. The molecule has 0 aliphatic rings. The smallest absolute Gasteiger partial charge is 0.175 e. The summed E-state index contributed by atoms with van der Waals surface area (Å²) in [5.74, 6) is -0.00394. The maximum atomic E-state index is 12.0. The second-order valence-corrected chi connectivity index (χ2v) is 11.0. The summed E-state index contributed by atoms with van der Waals surface area (Å²) in [5.41, 5.74) is 4.93. The van der Waals surface area contributed by atoms with Gasteiger partial charge in [0.15, 0.2) is 5.72 Å². The second kappa shape index (κ2) is 25.8. The number of unbranched alkanes of at least 4 members (excludes halogenated alkanes) is 18. The van der Waals surface area contributed by atoms with Gasteiger partial charge in [-0.25, -0.2) is 5.43 Å². The molecule has 0 aromatic heterocycles. The van der Waals surface area contributed by atoms with Crippen molar-refractivity contribution in [2.24, 2.45) is 10.2 Å². The van der Waals surface area contributed by atoms with Crippen LogP contribution in [0.25, 0.3) is 0 Å². The molecule has 0 aromatic carbocycles. The van der Waals surface area contributed by atoms with Crippen LogP contribution in [0.5, 0.6) is 0 Å². The topological polar surface area (TPSA) is 86.1 Å². The molecule has 0 bridgehead atoms. The molecule has 2 unspecified atom stereocenters. The van der Waals surface area contributed by atoms with Crippen molar-refractivity contribution < 1.29 is 9.90 Å². The van der Waals surface area contributed by atoms with E-state index in [0.717, 1.165) is 25.8 Å². The number of rotatable bonds is 28. The molecule has 6 nitrogen and oxygen atoms in total. The molecular formula is C30H62N4O2. The fourth-order valence-electron chi connectivity index (χ4n) is 4.49. The van der Waals surface area contributed by atoms with Crippen molar-refractivity contribution in [3.05, 3.63) is 0 Å². The molecule has 0 saturated heterocycles. The van der Waals surface area contributed by atoms with E-state index in [4.69, 9.17) is 0 Å². The number of aliphatic hydroxyl groups is 1. The van der Waals surface area contributed by atoms with Gasteiger partial charge in [-0.15, -0.1) is 0 Å². The number of azo groups is 1. The van der Waals surface area contributed by atoms with Gasteiger partial charge in [-0.2, -0.15) is 10.2 Å². The molecule has 3 N–H and O–H groups in total. The molecule has 0 fully saturated rings. The van der Waals surface area contributed by atoms with E-state index in [2.05, 4.69) is 34.9 Å². The third kappa shape index (κ3) is 24.8. The van der Waals surface area contributed by atoms with Crippen molar-refractivity contribution in [1.82, 2.24) is 10.9 Å². The van der Waals surface area contributed by atoms with Gasteiger partial charge < -0.3 is 5.11 Å². The molecule has 6 heteroatoms. The zero-order valence-electron chi connectivity index (χ0n) is 24.6. The molecule has 0 aliphatic heterocycles. The minimum Gasteiger partial charge on any atom is -0.368 e. The van der Waals surface area contributed by atoms with E-state index < -0.39 is 11.8 Å². The van der Waals surface area contributed by atoms with Crippen molar-refractivity contribution in [3.8, 4) is 0 Å². The molecule has 0 aliphatic carbocycles. The second-order valence-electron chi connectivity index (χ2n) is 11.0. The van der Waals surface area contributed by atoms with Crippen LogP contribution < -0.4 is 10.9 Å². The van der Waals surface area contributed by atoms with E-state index in [-0.39, 0.29) is 12.2 Å². The quantitative estimate of drug-likeness (QED) is 0.0560. The molecular weight excluding hydrogens is 448 g/mol.